The molecule has 0 fully saturated rings. The van der Waals surface area contributed by atoms with Crippen LogP contribution in [0, 0.1) is 6.92 Å². The average Bonchev–Trinajstić information content (AvgIpc) is 2.47. The van der Waals surface area contributed by atoms with E-state index in [1.165, 1.54) is 0 Å². The highest BCUT2D eigenvalue weighted by atomic mass is 16.6. The van der Waals surface area contributed by atoms with E-state index in [0.29, 0.717) is 25.5 Å². The Hall–Kier alpha value is -2.04. The number of hydrogen-bond acceptors (Lipinski definition) is 4. The van der Waals surface area contributed by atoms with Crippen molar-refractivity contribution in [3.63, 3.8) is 0 Å². The number of ether oxygens (including phenoxy) is 1. The van der Waals surface area contributed by atoms with Crippen molar-refractivity contribution in [1.29, 1.82) is 0 Å². The SMILES string of the molecule is CCOC(=O)N1CC(N)=Nc2cc(C)ccc2C1. The summed E-state index contributed by atoms with van der Waals surface area (Å²) >= 11 is 0. The average molecular weight is 247 g/mol. The lowest BCUT2D eigenvalue weighted by molar-refractivity contribution is 0.110. The molecule has 1 aliphatic heterocycles. The third kappa shape index (κ3) is 2.61. The van der Waals surface area contributed by atoms with Gasteiger partial charge in [-0.1, -0.05) is 12.1 Å². The van der Waals surface area contributed by atoms with Crippen LogP contribution in [0.25, 0.3) is 0 Å². The third-order valence-corrected chi connectivity index (χ3v) is 2.74. The van der Waals surface area contributed by atoms with Gasteiger partial charge in [-0.25, -0.2) is 9.79 Å². The van der Waals surface area contributed by atoms with Gasteiger partial charge in [-0.3, -0.25) is 4.90 Å². The normalized spacial score (nSPS) is 14.6. The van der Waals surface area contributed by atoms with Gasteiger partial charge in [0.1, 0.15) is 5.84 Å². The maximum absolute atomic E-state index is 11.8. The summed E-state index contributed by atoms with van der Waals surface area (Å²) in [5.74, 6) is 0.424. The second-order valence-corrected chi connectivity index (χ2v) is 4.29. The molecule has 0 saturated carbocycles. The van der Waals surface area contributed by atoms with Crippen LogP contribution in [0.3, 0.4) is 0 Å². The Balaban J connectivity index is 2.30. The number of hydrogen-bond donors (Lipinski definition) is 1. The summed E-state index contributed by atoms with van der Waals surface area (Å²) in [7, 11) is 0. The standard InChI is InChI=1S/C13H17N3O2/c1-3-18-13(17)16-7-10-5-4-9(2)6-11(10)15-12(14)8-16/h4-6H,3,7-8H2,1-2H3,(H2,14,15). The maximum Gasteiger partial charge on any atom is 0.410 e. The molecule has 1 aromatic carbocycles. The van der Waals surface area contributed by atoms with E-state index in [1.807, 2.05) is 25.1 Å². The molecule has 0 bridgehead atoms. The summed E-state index contributed by atoms with van der Waals surface area (Å²) in [5.41, 5.74) is 8.76. The predicted molar refractivity (Wildman–Crippen MR) is 69.9 cm³/mol. The highest BCUT2D eigenvalue weighted by Crippen LogP contribution is 2.25. The molecule has 96 valence electrons. The second-order valence-electron chi connectivity index (χ2n) is 4.29. The van der Waals surface area contributed by atoms with Crippen molar-refractivity contribution >= 4 is 17.6 Å². The summed E-state index contributed by atoms with van der Waals surface area (Å²) in [5, 5.41) is 0. The van der Waals surface area contributed by atoms with Crippen LogP contribution in [0.2, 0.25) is 0 Å². The van der Waals surface area contributed by atoms with Gasteiger partial charge >= 0.3 is 6.09 Å². The highest BCUT2D eigenvalue weighted by Gasteiger charge is 2.20. The molecule has 0 unspecified atom stereocenters. The van der Waals surface area contributed by atoms with Crippen LogP contribution in [0.1, 0.15) is 18.1 Å². The van der Waals surface area contributed by atoms with E-state index in [0.717, 1.165) is 16.8 Å². The van der Waals surface area contributed by atoms with Crippen molar-refractivity contribution < 1.29 is 9.53 Å². The van der Waals surface area contributed by atoms with Crippen molar-refractivity contribution in [2.45, 2.75) is 20.4 Å². The zero-order valence-corrected chi connectivity index (χ0v) is 10.6. The van der Waals surface area contributed by atoms with Crippen LogP contribution < -0.4 is 5.73 Å². The van der Waals surface area contributed by atoms with Crippen molar-refractivity contribution in [3.05, 3.63) is 29.3 Å². The zero-order chi connectivity index (χ0) is 13.1. The van der Waals surface area contributed by atoms with Gasteiger partial charge in [-0.2, -0.15) is 0 Å². The number of aliphatic imine (C=N–C) groups is 1. The van der Waals surface area contributed by atoms with Crippen molar-refractivity contribution in [3.8, 4) is 0 Å². The fraction of sp³-hybridized carbons (Fsp3) is 0.385. The number of nitrogens with two attached hydrogens (primary N) is 1. The Kier molecular flexibility index (Phi) is 3.50. The summed E-state index contributed by atoms with van der Waals surface area (Å²) in [6, 6.07) is 5.94. The molecule has 0 aliphatic carbocycles. The molecule has 1 aromatic rings. The molecule has 0 atom stereocenters. The fourth-order valence-corrected chi connectivity index (χ4v) is 1.90. The summed E-state index contributed by atoms with van der Waals surface area (Å²) in [6.45, 7) is 4.91. The molecule has 5 heteroatoms. The number of amides is 1. The van der Waals surface area contributed by atoms with Gasteiger partial charge in [0.25, 0.3) is 0 Å². The van der Waals surface area contributed by atoms with Gasteiger partial charge in [0.15, 0.2) is 0 Å². The van der Waals surface area contributed by atoms with Gasteiger partial charge < -0.3 is 10.5 Å². The minimum absolute atomic E-state index is 0.298. The lowest BCUT2D eigenvalue weighted by Gasteiger charge is -2.19. The van der Waals surface area contributed by atoms with Crippen LogP contribution in [-0.4, -0.2) is 30.0 Å². The predicted octanol–water partition coefficient (Wildman–Crippen LogP) is 1.96. The van der Waals surface area contributed by atoms with Crippen molar-refractivity contribution in [2.75, 3.05) is 13.2 Å². The smallest absolute Gasteiger partial charge is 0.410 e. The Labute approximate surface area is 106 Å². The molecule has 0 aromatic heterocycles. The van der Waals surface area contributed by atoms with Gasteiger partial charge in [-0.05, 0) is 31.0 Å². The molecule has 2 N–H and O–H groups in total. The largest absolute Gasteiger partial charge is 0.450 e. The van der Waals surface area contributed by atoms with Gasteiger partial charge in [-0.15, -0.1) is 0 Å². The minimum atomic E-state index is -0.357. The monoisotopic (exact) mass is 247 g/mol. The highest BCUT2D eigenvalue weighted by molar-refractivity contribution is 5.88. The van der Waals surface area contributed by atoms with Crippen LogP contribution in [0.5, 0.6) is 0 Å². The molecule has 5 nitrogen and oxygen atoms in total. The lowest BCUT2D eigenvalue weighted by Crippen LogP contribution is -2.37. The zero-order valence-electron chi connectivity index (χ0n) is 10.6. The molecule has 1 heterocycles. The maximum atomic E-state index is 11.8. The number of benzene rings is 1. The number of carbonyl (C=O) groups is 1. The first-order valence-electron chi connectivity index (χ1n) is 5.94. The van der Waals surface area contributed by atoms with Crippen molar-refractivity contribution in [1.82, 2.24) is 4.90 Å². The van der Waals surface area contributed by atoms with E-state index >= 15 is 0 Å². The fourth-order valence-electron chi connectivity index (χ4n) is 1.90. The topological polar surface area (TPSA) is 67.9 Å². The van der Waals surface area contributed by atoms with Crippen LogP contribution in [0.4, 0.5) is 10.5 Å². The molecular formula is C13H17N3O2. The summed E-state index contributed by atoms with van der Waals surface area (Å²) < 4.78 is 5.00. The third-order valence-electron chi connectivity index (χ3n) is 2.74. The van der Waals surface area contributed by atoms with Crippen LogP contribution in [-0.2, 0) is 11.3 Å². The number of amidine groups is 1. The molecule has 1 aliphatic rings. The van der Waals surface area contributed by atoms with E-state index < -0.39 is 0 Å². The molecule has 0 spiro atoms. The summed E-state index contributed by atoms with van der Waals surface area (Å²) in [4.78, 5) is 17.7. The number of rotatable bonds is 1. The first-order valence-corrected chi connectivity index (χ1v) is 5.94. The summed E-state index contributed by atoms with van der Waals surface area (Å²) in [6.07, 6.45) is -0.357. The van der Waals surface area contributed by atoms with E-state index in [9.17, 15) is 4.79 Å². The Morgan fingerprint density at radius 2 is 2.28 bits per heavy atom. The van der Waals surface area contributed by atoms with E-state index in [4.69, 9.17) is 10.5 Å². The first-order chi connectivity index (χ1) is 8.60. The quantitative estimate of drug-likeness (QED) is 0.824. The molecule has 1 amide bonds. The lowest BCUT2D eigenvalue weighted by atomic mass is 10.1. The van der Waals surface area contributed by atoms with Gasteiger partial charge in [0, 0.05) is 0 Å². The van der Waals surface area contributed by atoms with E-state index in [-0.39, 0.29) is 6.09 Å². The second kappa shape index (κ2) is 5.08. The van der Waals surface area contributed by atoms with E-state index in [2.05, 4.69) is 4.99 Å². The Bertz CT molecular complexity index is 497. The van der Waals surface area contributed by atoms with Crippen molar-refractivity contribution in [2.24, 2.45) is 10.7 Å². The molecule has 2 rings (SSSR count). The van der Waals surface area contributed by atoms with Gasteiger partial charge in [0.2, 0.25) is 0 Å². The van der Waals surface area contributed by atoms with Gasteiger partial charge in [0.05, 0.1) is 25.4 Å². The first kappa shape index (κ1) is 12.4. The molecule has 0 saturated heterocycles. The number of carbonyl (C=O) groups excluding carboxylic acids is 1. The van der Waals surface area contributed by atoms with E-state index in [1.54, 1.807) is 11.8 Å². The number of fused-ring (bicyclic) bond motifs is 1. The van der Waals surface area contributed by atoms with Crippen LogP contribution in [0.15, 0.2) is 23.2 Å². The molecular weight excluding hydrogens is 230 g/mol. The Morgan fingerprint density at radius 3 is 3.00 bits per heavy atom. The molecule has 0 radical (unpaired) electrons. The minimum Gasteiger partial charge on any atom is -0.450 e. The Morgan fingerprint density at radius 1 is 1.50 bits per heavy atom. The number of aryl methyl sites for hydroxylation is 1. The molecule has 18 heavy (non-hydrogen) atoms. The van der Waals surface area contributed by atoms with Crippen LogP contribution >= 0.6 is 0 Å². The number of nitrogens with zero attached hydrogens (tertiary/aromatic N) is 2.